The highest BCUT2D eigenvalue weighted by Crippen LogP contribution is 2.16. The second-order valence-corrected chi connectivity index (χ2v) is 2.78. The van der Waals surface area contributed by atoms with Crippen LogP contribution in [0.5, 0.6) is 5.75 Å². The average molecular weight is 184 g/mol. The van der Waals surface area contributed by atoms with Crippen molar-refractivity contribution in [1.29, 1.82) is 0 Å². The number of ether oxygens (including phenoxy) is 1. The van der Waals surface area contributed by atoms with Crippen LogP contribution >= 0.6 is 0 Å². The summed E-state index contributed by atoms with van der Waals surface area (Å²) in [6, 6.07) is 6.96. The van der Waals surface area contributed by atoms with E-state index in [4.69, 9.17) is 4.74 Å². The summed E-state index contributed by atoms with van der Waals surface area (Å²) in [7, 11) is 0. The highest BCUT2D eigenvalue weighted by molar-refractivity contribution is 5.28. The van der Waals surface area contributed by atoms with E-state index in [-0.39, 0.29) is 6.61 Å². The molecule has 1 N–H and O–H groups in total. The molecule has 0 spiro atoms. The molecule has 1 atom stereocenters. The van der Waals surface area contributed by atoms with Gasteiger partial charge in [0.1, 0.15) is 19.0 Å². The first kappa shape index (κ1) is 9.99. The third-order valence-electron chi connectivity index (χ3n) is 1.71. The van der Waals surface area contributed by atoms with E-state index in [0.717, 1.165) is 5.56 Å². The zero-order valence-electron chi connectivity index (χ0n) is 7.53. The highest BCUT2D eigenvalue weighted by Gasteiger charge is 1.99. The molecule has 0 amide bonds. The first-order chi connectivity index (χ1) is 6.24. The van der Waals surface area contributed by atoms with Gasteiger partial charge in [-0.15, -0.1) is 0 Å². The Bertz CT molecular complexity index is 244. The molecule has 1 aromatic carbocycles. The lowest BCUT2D eigenvalue weighted by Gasteiger charge is -2.06. The standard InChI is InChI=1S/C10H13FO2/c1-8(12)9-2-4-10(5-3-9)13-7-6-11/h2-5,8,12H,6-7H2,1H3/t8-/m0/s1. The molecule has 0 saturated heterocycles. The number of benzene rings is 1. The lowest BCUT2D eigenvalue weighted by atomic mass is 10.1. The van der Waals surface area contributed by atoms with E-state index in [1.807, 2.05) is 0 Å². The van der Waals surface area contributed by atoms with Gasteiger partial charge in [-0.25, -0.2) is 4.39 Å². The van der Waals surface area contributed by atoms with Crippen molar-refractivity contribution in [3.05, 3.63) is 29.8 Å². The molecule has 0 radical (unpaired) electrons. The van der Waals surface area contributed by atoms with Crippen LogP contribution in [-0.2, 0) is 0 Å². The fourth-order valence-corrected chi connectivity index (χ4v) is 0.999. The summed E-state index contributed by atoms with van der Waals surface area (Å²) in [5.74, 6) is 0.627. The van der Waals surface area contributed by atoms with E-state index < -0.39 is 12.8 Å². The average Bonchev–Trinajstić information content (AvgIpc) is 2.15. The third kappa shape index (κ3) is 3.03. The molecule has 1 rings (SSSR count). The molecule has 1 aromatic rings. The van der Waals surface area contributed by atoms with E-state index in [0.29, 0.717) is 5.75 Å². The van der Waals surface area contributed by atoms with Crippen LogP contribution in [0.3, 0.4) is 0 Å². The molecule has 3 heteroatoms. The minimum Gasteiger partial charge on any atom is -0.491 e. The summed E-state index contributed by atoms with van der Waals surface area (Å²) < 4.78 is 16.8. The van der Waals surface area contributed by atoms with Crippen molar-refractivity contribution >= 4 is 0 Å². The minimum absolute atomic E-state index is 0.0774. The quantitative estimate of drug-likeness (QED) is 0.776. The lowest BCUT2D eigenvalue weighted by Crippen LogP contribution is -1.98. The number of aliphatic hydroxyl groups excluding tert-OH is 1. The van der Waals surface area contributed by atoms with Gasteiger partial charge in [0, 0.05) is 0 Å². The molecule has 0 aliphatic rings. The van der Waals surface area contributed by atoms with Crippen molar-refractivity contribution < 1.29 is 14.2 Å². The summed E-state index contributed by atoms with van der Waals surface area (Å²) >= 11 is 0. The van der Waals surface area contributed by atoms with Gasteiger partial charge in [0.25, 0.3) is 0 Å². The number of aliphatic hydroxyl groups is 1. The number of halogens is 1. The summed E-state index contributed by atoms with van der Waals surface area (Å²) in [4.78, 5) is 0. The van der Waals surface area contributed by atoms with Gasteiger partial charge < -0.3 is 9.84 Å². The van der Waals surface area contributed by atoms with Crippen LogP contribution in [0.2, 0.25) is 0 Å². The summed E-state index contributed by atoms with van der Waals surface area (Å²) in [6.07, 6.45) is -0.477. The molecule has 0 aliphatic heterocycles. The van der Waals surface area contributed by atoms with E-state index >= 15 is 0 Å². The van der Waals surface area contributed by atoms with Gasteiger partial charge in [0.2, 0.25) is 0 Å². The first-order valence-electron chi connectivity index (χ1n) is 4.21. The van der Waals surface area contributed by atoms with Crippen LogP contribution in [0.15, 0.2) is 24.3 Å². The molecule has 0 fully saturated rings. The van der Waals surface area contributed by atoms with Crippen molar-refractivity contribution in [1.82, 2.24) is 0 Å². The van der Waals surface area contributed by atoms with Gasteiger partial charge >= 0.3 is 0 Å². The van der Waals surface area contributed by atoms with Gasteiger partial charge in [0.15, 0.2) is 0 Å². The van der Waals surface area contributed by atoms with Gasteiger partial charge in [-0.1, -0.05) is 12.1 Å². The first-order valence-corrected chi connectivity index (χ1v) is 4.21. The molecule has 13 heavy (non-hydrogen) atoms. The van der Waals surface area contributed by atoms with E-state index in [2.05, 4.69) is 0 Å². The summed E-state index contributed by atoms with van der Waals surface area (Å²) in [6.45, 7) is 1.28. The van der Waals surface area contributed by atoms with Crippen molar-refractivity contribution in [2.75, 3.05) is 13.3 Å². The Labute approximate surface area is 77.0 Å². The summed E-state index contributed by atoms with van der Waals surface area (Å²) in [5.41, 5.74) is 0.826. The molecule has 0 saturated carbocycles. The van der Waals surface area contributed by atoms with Crippen molar-refractivity contribution in [3.63, 3.8) is 0 Å². The van der Waals surface area contributed by atoms with Gasteiger partial charge in [-0.05, 0) is 24.6 Å². The molecule has 2 nitrogen and oxygen atoms in total. The van der Waals surface area contributed by atoms with Crippen LogP contribution in [0.4, 0.5) is 4.39 Å². The fraction of sp³-hybridized carbons (Fsp3) is 0.400. The van der Waals surface area contributed by atoms with Gasteiger partial charge in [-0.2, -0.15) is 0 Å². The smallest absolute Gasteiger partial charge is 0.123 e. The van der Waals surface area contributed by atoms with Crippen LogP contribution in [0.1, 0.15) is 18.6 Å². The molecular weight excluding hydrogens is 171 g/mol. The number of hydrogen-bond acceptors (Lipinski definition) is 2. The molecule has 0 aliphatic carbocycles. The van der Waals surface area contributed by atoms with Crippen LogP contribution in [0.25, 0.3) is 0 Å². The third-order valence-corrected chi connectivity index (χ3v) is 1.71. The predicted octanol–water partition coefficient (Wildman–Crippen LogP) is 2.09. The largest absolute Gasteiger partial charge is 0.491 e. The second-order valence-electron chi connectivity index (χ2n) is 2.78. The maximum Gasteiger partial charge on any atom is 0.123 e. The molecule has 72 valence electrons. The highest BCUT2D eigenvalue weighted by atomic mass is 19.1. The Morgan fingerprint density at radius 1 is 1.38 bits per heavy atom. The Morgan fingerprint density at radius 2 is 2.00 bits per heavy atom. The SMILES string of the molecule is C[C@H](O)c1ccc(OCCF)cc1. The molecule has 0 bridgehead atoms. The Balaban J connectivity index is 2.59. The van der Waals surface area contributed by atoms with Crippen LogP contribution < -0.4 is 4.74 Å². The molecular formula is C10H13FO2. The van der Waals surface area contributed by atoms with E-state index in [9.17, 15) is 9.50 Å². The molecule has 0 aromatic heterocycles. The number of rotatable bonds is 4. The molecule has 0 heterocycles. The minimum atomic E-state index is -0.488. The fourth-order valence-electron chi connectivity index (χ4n) is 0.999. The number of alkyl halides is 1. The summed E-state index contributed by atoms with van der Waals surface area (Å²) in [5, 5.41) is 9.19. The lowest BCUT2D eigenvalue weighted by molar-refractivity contribution is 0.199. The Kier molecular flexibility index (Phi) is 3.71. The van der Waals surface area contributed by atoms with E-state index in [1.165, 1.54) is 0 Å². The van der Waals surface area contributed by atoms with E-state index in [1.54, 1.807) is 31.2 Å². The topological polar surface area (TPSA) is 29.5 Å². The van der Waals surface area contributed by atoms with Gasteiger partial charge in [-0.3, -0.25) is 0 Å². The number of hydrogen-bond donors (Lipinski definition) is 1. The van der Waals surface area contributed by atoms with Gasteiger partial charge in [0.05, 0.1) is 6.10 Å². The maximum absolute atomic E-state index is 11.7. The van der Waals surface area contributed by atoms with Crippen LogP contribution in [0, 0.1) is 0 Å². The van der Waals surface area contributed by atoms with Crippen LogP contribution in [-0.4, -0.2) is 18.4 Å². The molecule has 0 unspecified atom stereocenters. The zero-order chi connectivity index (χ0) is 9.68. The van der Waals surface area contributed by atoms with Crippen molar-refractivity contribution in [2.24, 2.45) is 0 Å². The van der Waals surface area contributed by atoms with Crippen molar-refractivity contribution in [2.45, 2.75) is 13.0 Å². The predicted molar refractivity (Wildman–Crippen MR) is 48.5 cm³/mol. The monoisotopic (exact) mass is 184 g/mol. The normalized spacial score (nSPS) is 12.5. The Morgan fingerprint density at radius 3 is 2.46 bits per heavy atom. The Hall–Kier alpha value is -1.09. The maximum atomic E-state index is 11.7. The second kappa shape index (κ2) is 4.82. The van der Waals surface area contributed by atoms with Crippen molar-refractivity contribution in [3.8, 4) is 5.75 Å². The zero-order valence-corrected chi connectivity index (χ0v) is 7.53.